The zero-order valence-corrected chi connectivity index (χ0v) is 24.5. The maximum atomic E-state index is 13.8. The number of thioether (sulfide) groups is 1. The van der Waals surface area contributed by atoms with Gasteiger partial charge in [0.1, 0.15) is 5.75 Å². The molecule has 2 saturated carbocycles. The Morgan fingerprint density at radius 1 is 0.884 bits per heavy atom. The molecule has 2 aliphatic carbocycles. The average molecular weight is 610 g/mol. The molecule has 2 bridgehead atoms. The standard InChI is InChI=1S/C33H27N3O5S2/c37-23(34-18-7-3-1-4-8-18)16-41-20-13-11-17(12-14-20)24-25-21-15-22(28(25)42-30-29(24)43-33(40)35-30)27-26(21)31(38)36(32(27)39)19-9-5-2-6-10-19/h1-14,21-22,24-28H,15-16H2,(H,34,37)(H,35,40)/t21?,22?,24-,25?,26?,27?,28?/m1/s1. The van der Waals surface area contributed by atoms with E-state index in [-0.39, 0.29) is 70.0 Å². The molecule has 8 rings (SSSR count). The monoisotopic (exact) mass is 609 g/mol. The van der Waals surface area contributed by atoms with Crippen LogP contribution in [0.2, 0.25) is 0 Å². The number of carbonyl (C=O) groups excluding carboxylic acids is 3. The molecule has 3 heterocycles. The van der Waals surface area contributed by atoms with Gasteiger partial charge in [0.2, 0.25) is 11.8 Å². The Morgan fingerprint density at radius 3 is 2.28 bits per heavy atom. The number of carbonyl (C=O) groups is 3. The van der Waals surface area contributed by atoms with Crippen molar-refractivity contribution in [3.05, 3.63) is 105 Å². The number of aromatic nitrogens is 1. The van der Waals surface area contributed by atoms with Crippen molar-refractivity contribution >= 4 is 52.2 Å². The summed E-state index contributed by atoms with van der Waals surface area (Å²) in [6.45, 7) is -0.122. The largest absolute Gasteiger partial charge is 0.484 e. The molecule has 0 spiro atoms. The Balaban J connectivity index is 1.07. The van der Waals surface area contributed by atoms with Crippen molar-refractivity contribution in [1.82, 2.24) is 4.98 Å². The molecule has 8 nitrogen and oxygen atoms in total. The van der Waals surface area contributed by atoms with Gasteiger partial charge in [-0.05, 0) is 66.1 Å². The molecule has 4 aliphatic rings. The lowest BCUT2D eigenvalue weighted by molar-refractivity contribution is -0.123. The number of hydrogen-bond donors (Lipinski definition) is 2. The van der Waals surface area contributed by atoms with Gasteiger partial charge in [0.25, 0.3) is 5.91 Å². The van der Waals surface area contributed by atoms with Crippen molar-refractivity contribution in [2.45, 2.75) is 22.6 Å². The third-order valence-electron chi connectivity index (χ3n) is 9.41. The summed E-state index contributed by atoms with van der Waals surface area (Å²) in [5.74, 6) is -0.378. The van der Waals surface area contributed by atoms with Crippen LogP contribution in [-0.2, 0) is 14.4 Å². The molecule has 3 aromatic carbocycles. The Morgan fingerprint density at radius 2 is 1.56 bits per heavy atom. The number of thiazole rings is 1. The van der Waals surface area contributed by atoms with E-state index in [1.54, 1.807) is 11.8 Å². The first kappa shape index (κ1) is 26.5. The van der Waals surface area contributed by atoms with Crippen molar-refractivity contribution in [2.75, 3.05) is 16.8 Å². The van der Waals surface area contributed by atoms with E-state index < -0.39 is 0 Å². The third kappa shape index (κ3) is 4.26. The van der Waals surface area contributed by atoms with Crippen LogP contribution >= 0.6 is 23.1 Å². The highest BCUT2D eigenvalue weighted by molar-refractivity contribution is 8.00. The molecule has 3 fully saturated rings. The lowest BCUT2D eigenvalue weighted by atomic mass is 9.68. The maximum Gasteiger partial charge on any atom is 0.305 e. The second kappa shape index (κ2) is 10.2. The van der Waals surface area contributed by atoms with E-state index in [0.29, 0.717) is 17.1 Å². The van der Waals surface area contributed by atoms with Crippen LogP contribution in [0.15, 0.2) is 94.7 Å². The zero-order valence-electron chi connectivity index (χ0n) is 22.8. The first-order valence-corrected chi connectivity index (χ1v) is 16.1. The molecule has 6 unspecified atom stereocenters. The molecule has 7 atom stereocenters. The van der Waals surface area contributed by atoms with Gasteiger partial charge in [-0.25, -0.2) is 0 Å². The smallest absolute Gasteiger partial charge is 0.305 e. The Labute approximate surface area is 255 Å². The topological polar surface area (TPSA) is 109 Å². The summed E-state index contributed by atoms with van der Waals surface area (Å²) in [7, 11) is 0. The van der Waals surface area contributed by atoms with Crippen LogP contribution in [0.5, 0.6) is 5.75 Å². The normalized spacial score (nSPS) is 28.4. The summed E-state index contributed by atoms with van der Waals surface area (Å²) in [5.41, 5.74) is 2.38. The SMILES string of the molecule is O=C(COc1ccc([C@H]2c3sc(=O)[nH]c3SC3C4CC(C5C(=O)N(c6ccccc6)C(=O)C45)C32)cc1)Nc1ccccc1. The van der Waals surface area contributed by atoms with E-state index in [0.717, 1.165) is 21.9 Å². The highest BCUT2D eigenvalue weighted by Gasteiger charge is 2.69. The van der Waals surface area contributed by atoms with Gasteiger partial charge in [-0.3, -0.25) is 24.1 Å². The van der Waals surface area contributed by atoms with E-state index in [9.17, 15) is 19.2 Å². The fourth-order valence-corrected chi connectivity index (χ4v) is 10.7. The fourth-order valence-electron chi connectivity index (χ4n) is 7.86. The van der Waals surface area contributed by atoms with Gasteiger partial charge in [0, 0.05) is 21.7 Å². The number of amides is 3. The number of para-hydroxylation sites is 2. The summed E-state index contributed by atoms with van der Waals surface area (Å²) >= 11 is 2.91. The molecule has 216 valence electrons. The van der Waals surface area contributed by atoms with E-state index in [4.69, 9.17) is 4.74 Å². The third-order valence-corrected chi connectivity index (χ3v) is 12.0. The number of aromatic amines is 1. The predicted molar refractivity (Wildman–Crippen MR) is 164 cm³/mol. The number of rotatable bonds is 6. The van der Waals surface area contributed by atoms with Crippen LogP contribution in [0, 0.1) is 29.6 Å². The molecule has 0 radical (unpaired) electrons. The molecule has 2 aliphatic heterocycles. The van der Waals surface area contributed by atoms with E-state index >= 15 is 0 Å². The van der Waals surface area contributed by atoms with Crippen molar-refractivity contribution in [1.29, 1.82) is 0 Å². The van der Waals surface area contributed by atoms with Crippen molar-refractivity contribution < 1.29 is 19.1 Å². The number of H-pyrrole nitrogens is 1. The van der Waals surface area contributed by atoms with Crippen LogP contribution in [-0.4, -0.2) is 34.6 Å². The molecule has 2 N–H and O–H groups in total. The van der Waals surface area contributed by atoms with E-state index in [1.165, 1.54) is 16.2 Å². The predicted octanol–water partition coefficient (Wildman–Crippen LogP) is 5.13. The number of imide groups is 1. The molecular weight excluding hydrogens is 583 g/mol. The molecular formula is C33H27N3O5S2. The molecule has 1 saturated heterocycles. The number of ether oxygens (including phenoxy) is 1. The molecule has 43 heavy (non-hydrogen) atoms. The minimum atomic E-state index is -0.343. The van der Waals surface area contributed by atoms with Crippen molar-refractivity contribution in [3.8, 4) is 5.75 Å². The summed E-state index contributed by atoms with van der Waals surface area (Å²) in [6, 6.07) is 26.1. The molecule has 10 heteroatoms. The van der Waals surface area contributed by atoms with Crippen molar-refractivity contribution in [2.24, 2.45) is 29.6 Å². The molecule has 3 amide bonds. The maximum absolute atomic E-state index is 13.8. The highest BCUT2D eigenvalue weighted by Crippen LogP contribution is 2.68. The van der Waals surface area contributed by atoms with Gasteiger partial charge in [0.05, 0.1) is 22.5 Å². The van der Waals surface area contributed by atoms with Crippen LogP contribution in [0.4, 0.5) is 11.4 Å². The summed E-state index contributed by atoms with van der Waals surface area (Å²) in [6.07, 6.45) is 0.838. The number of fused-ring (bicyclic) bond motifs is 9. The Hall–Kier alpha value is -4.15. The minimum absolute atomic E-state index is 0.0469. The second-order valence-electron chi connectivity index (χ2n) is 11.6. The van der Waals surface area contributed by atoms with Gasteiger partial charge in [-0.1, -0.05) is 59.9 Å². The van der Waals surface area contributed by atoms with Crippen molar-refractivity contribution in [3.63, 3.8) is 0 Å². The zero-order chi connectivity index (χ0) is 29.2. The molecule has 4 aromatic rings. The lowest BCUT2D eigenvalue weighted by Crippen LogP contribution is -2.42. The van der Waals surface area contributed by atoms with Crippen LogP contribution in [0.1, 0.15) is 22.8 Å². The van der Waals surface area contributed by atoms with Gasteiger partial charge in [0.15, 0.2) is 6.61 Å². The van der Waals surface area contributed by atoms with Gasteiger partial charge >= 0.3 is 4.87 Å². The Kier molecular flexibility index (Phi) is 6.30. The molecule has 1 aromatic heterocycles. The summed E-state index contributed by atoms with van der Waals surface area (Å²) < 4.78 is 5.77. The summed E-state index contributed by atoms with van der Waals surface area (Å²) in [4.78, 5) is 57.8. The summed E-state index contributed by atoms with van der Waals surface area (Å²) in [5, 5.41) is 3.81. The second-order valence-corrected chi connectivity index (χ2v) is 13.8. The first-order valence-electron chi connectivity index (χ1n) is 14.4. The number of anilines is 2. The fraction of sp³-hybridized carbons (Fsp3) is 0.273. The van der Waals surface area contributed by atoms with Crippen LogP contribution in [0.25, 0.3) is 0 Å². The number of benzene rings is 3. The van der Waals surface area contributed by atoms with Gasteiger partial charge in [-0.2, -0.15) is 0 Å². The number of nitrogens with one attached hydrogen (secondary N) is 2. The van der Waals surface area contributed by atoms with E-state index in [1.807, 2.05) is 84.9 Å². The minimum Gasteiger partial charge on any atom is -0.484 e. The van der Waals surface area contributed by atoms with Gasteiger partial charge < -0.3 is 15.0 Å². The quantitative estimate of drug-likeness (QED) is 0.294. The number of nitrogens with zero attached hydrogens (tertiary/aromatic N) is 1. The Bertz CT molecular complexity index is 1790. The van der Waals surface area contributed by atoms with Crippen LogP contribution < -0.4 is 19.8 Å². The van der Waals surface area contributed by atoms with Gasteiger partial charge in [-0.15, -0.1) is 11.8 Å². The number of hydrogen-bond acceptors (Lipinski definition) is 7. The van der Waals surface area contributed by atoms with E-state index in [2.05, 4.69) is 10.3 Å². The first-order chi connectivity index (χ1) is 21.0. The highest BCUT2D eigenvalue weighted by atomic mass is 32.2. The van der Waals surface area contributed by atoms with Crippen LogP contribution in [0.3, 0.4) is 0 Å². The average Bonchev–Trinajstić information content (AvgIpc) is 3.76. The lowest BCUT2D eigenvalue weighted by Gasteiger charge is -2.43.